The number of rotatable bonds is 8. The Morgan fingerprint density at radius 1 is 1.13 bits per heavy atom. The molecule has 1 saturated heterocycles. The number of anilines is 1. The number of carbonyl (C=O) groups excluding carboxylic acids is 1. The Balaban J connectivity index is 1.37. The molecule has 0 unspecified atom stereocenters. The summed E-state index contributed by atoms with van der Waals surface area (Å²) in [6.07, 6.45) is 1.75. The van der Waals surface area contributed by atoms with Crippen molar-refractivity contribution in [3.63, 3.8) is 0 Å². The van der Waals surface area contributed by atoms with Gasteiger partial charge >= 0.3 is 0 Å². The normalized spacial score (nSPS) is 15.3. The molecular formula is C26H19BrN2O7S2. The summed E-state index contributed by atoms with van der Waals surface area (Å²) in [7, 11) is 0. The van der Waals surface area contributed by atoms with Crippen LogP contribution in [0.25, 0.3) is 6.08 Å². The summed E-state index contributed by atoms with van der Waals surface area (Å²) in [5.74, 6) is 1.91. The maximum absolute atomic E-state index is 13.3. The Labute approximate surface area is 235 Å². The number of fused-ring (bicyclic) bond motifs is 1. The van der Waals surface area contributed by atoms with Gasteiger partial charge in [0.05, 0.1) is 26.6 Å². The van der Waals surface area contributed by atoms with Crippen LogP contribution < -0.4 is 23.8 Å². The third-order valence-corrected chi connectivity index (χ3v) is 7.46. The van der Waals surface area contributed by atoms with Crippen LogP contribution in [-0.4, -0.2) is 28.6 Å². The lowest BCUT2D eigenvalue weighted by Crippen LogP contribution is -2.27. The highest BCUT2D eigenvalue weighted by Crippen LogP contribution is 2.42. The van der Waals surface area contributed by atoms with Crippen molar-refractivity contribution in [2.24, 2.45) is 0 Å². The average molecular weight is 615 g/mol. The zero-order valence-corrected chi connectivity index (χ0v) is 23.1. The lowest BCUT2D eigenvalue weighted by molar-refractivity contribution is -0.384. The van der Waals surface area contributed by atoms with Crippen molar-refractivity contribution < 1.29 is 28.7 Å². The molecule has 194 valence electrons. The molecular weight excluding hydrogens is 596 g/mol. The van der Waals surface area contributed by atoms with Gasteiger partial charge in [0.25, 0.3) is 11.6 Å². The number of carbonyl (C=O) groups is 1. The highest BCUT2D eigenvalue weighted by Gasteiger charge is 2.34. The van der Waals surface area contributed by atoms with E-state index in [1.54, 1.807) is 42.5 Å². The maximum atomic E-state index is 13.3. The number of halogens is 1. The molecule has 0 radical (unpaired) electrons. The molecule has 12 heteroatoms. The Morgan fingerprint density at radius 2 is 1.89 bits per heavy atom. The Morgan fingerprint density at radius 3 is 2.63 bits per heavy atom. The molecule has 0 saturated carbocycles. The molecule has 0 aromatic heterocycles. The average Bonchev–Trinajstić information content (AvgIpc) is 3.47. The molecule has 1 fully saturated rings. The number of nitro groups is 1. The molecule has 0 N–H and O–H groups in total. The summed E-state index contributed by atoms with van der Waals surface area (Å²) in [4.78, 5) is 25.6. The predicted octanol–water partition coefficient (Wildman–Crippen LogP) is 6.47. The Bertz CT molecular complexity index is 1480. The molecule has 2 aliphatic heterocycles. The van der Waals surface area contributed by atoms with Crippen molar-refractivity contribution >= 4 is 67.6 Å². The zero-order chi connectivity index (χ0) is 26.8. The number of nitro benzene ring substituents is 1. The van der Waals surface area contributed by atoms with E-state index in [1.807, 2.05) is 13.0 Å². The monoisotopic (exact) mass is 614 g/mol. The molecule has 38 heavy (non-hydrogen) atoms. The van der Waals surface area contributed by atoms with Crippen LogP contribution in [0.1, 0.15) is 18.1 Å². The second-order valence-corrected chi connectivity index (χ2v) is 10.6. The molecule has 2 aliphatic rings. The summed E-state index contributed by atoms with van der Waals surface area (Å²) in [6.45, 7) is 2.58. The maximum Gasteiger partial charge on any atom is 0.270 e. The number of nitrogens with zero attached hydrogens (tertiary/aromatic N) is 2. The van der Waals surface area contributed by atoms with Crippen molar-refractivity contribution in [1.29, 1.82) is 0 Å². The number of non-ortho nitro benzene ring substituents is 1. The minimum absolute atomic E-state index is 0.0122. The van der Waals surface area contributed by atoms with E-state index in [1.165, 1.54) is 28.8 Å². The first-order valence-electron chi connectivity index (χ1n) is 11.3. The van der Waals surface area contributed by atoms with Gasteiger partial charge in [-0.1, -0.05) is 24.0 Å². The van der Waals surface area contributed by atoms with Crippen LogP contribution in [0, 0.1) is 10.1 Å². The zero-order valence-electron chi connectivity index (χ0n) is 19.8. The van der Waals surface area contributed by atoms with Crippen molar-refractivity contribution in [2.75, 3.05) is 18.3 Å². The van der Waals surface area contributed by atoms with E-state index in [4.69, 9.17) is 31.2 Å². The van der Waals surface area contributed by atoms with Crippen molar-refractivity contribution in [3.05, 3.63) is 85.2 Å². The van der Waals surface area contributed by atoms with Crippen LogP contribution in [0.15, 0.2) is 64.0 Å². The molecule has 3 aromatic rings. The predicted molar refractivity (Wildman–Crippen MR) is 151 cm³/mol. The number of benzene rings is 3. The van der Waals surface area contributed by atoms with Crippen LogP contribution >= 0.6 is 39.9 Å². The van der Waals surface area contributed by atoms with Crippen molar-refractivity contribution in [3.8, 4) is 23.0 Å². The van der Waals surface area contributed by atoms with Gasteiger partial charge in [-0.3, -0.25) is 19.8 Å². The Hall–Kier alpha value is -3.61. The van der Waals surface area contributed by atoms with Gasteiger partial charge in [0, 0.05) is 18.2 Å². The van der Waals surface area contributed by atoms with Crippen LogP contribution in [0.4, 0.5) is 11.4 Å². The molecule has 0 spiro atoms. The fraction of sp³-hybridized carbons (Fsp3) is 0.154. The van der Waals surface area contributed by atoms with Crippen molar-refractivity contribution in [1.82, 2.24) is 0 Å². The topological polar surface area (TPSA) is 100 Å². The van der Waals surface area contributed by atoms with E-state index < -0.39 is 4.92 Å². The second-order valence-electron chi connectivity index (χ2n) is 8.03. The molecule has 0 aliphatic carbocycles. The lowest BCUT2D eigenvalue weighted by Gasteiger charge is -2.15. The van der Waals surface area contributed by atoms with Crippen LogP contribution in [0.5, 0.6) is 23.0 Å². The third kappa shape index (κ3) is 5.33. The number of ether oxygens (including phenoxy) is 4. The largest absolute Gasteiger partial charge is 0.490 e. The SMILES string of the molecule is CCOc1cc(/C=C2/SC(=S)N(c3ccc4c(c3)OCO4)C2=O)cc(Br)c1OCc1ccc([N+](=O)[O-])cc1. The minimum atomic E-state index is -0.448. The van der Waals surface area contributed by atoms with E-state index in [-0.39, 0.29) is 25.0 Å². The second kappa shape index (κ2) is 11.0. The summed E-state index contributed by atoms with van der Waals surface area (Å²) in [5.41, 5.74) is 2.10. The van der Waals surface area contributed by atoms with Gasteiger partial charge in [-0.15, -0.1) is 0 Å². The van der Waals surface area contributed by atoms with Crippen LogP contribution in [-0.2, 0) is 11.4 Å². The minimum Gasteiger partial charge on any atom is -0.490 e. The summed E-state index contributed by atoms with van der Waals surface area (Å²) < 4.78 is 23.6. The lowest BCUT2D eigenvalue weighted by atomic mass is 10.1. The summed E-state index contributed by atoms with van der Waals surface area (Å²) in [5, 5.41) is 10.9. The number of hydrogen-bond acceptors (Lipinski definition) is 9. The smallest absolute Gasteiger partial charge is 0.270 e. The number of hydrogen-bond donors (Lipinski definition) is 0. The molecule has 0 bridgehead atoms. The van der Waals surface area contributed by atoms with Crippen molar-refractivity contribution in [2.45, 2.75) is 13.5 Å². The summed E-state index contributed by atoms with van der Waals surface area (Å²) >= 11 is 10.3. The number of thiocarbonyl (C=S) groups is 1. The van der Waals surface area contributed by atoms with Crippen LogP contribution in [0.3, 0.4) is 0 Å². The van der Waals surface area contributed by atoms with E-state index in [9.17, 15) is 14.9 Å². The number of amides is 1. The first kappa shape index (κ1) is 26.0. The molecule has 3 aromatic carbocycles. The highest BCUT2D eigenvalue weighted by atomic mass is 79.9. The van der Waals surface area contributed by atoms with Gasteiger partial charge in [-0.2, -0.15) is 0 Å². The van der Waals surface area contributed by atoms with Crippen LogP contribution in [0.2, 0.25) is 0 Å². The Kier molecular flexibility index (Phi) is 7.54. The molecule has 1 amide bonds. The highest BCUT2D eigenvalue weighted by molar-refractivity contribution is 9.10. The van der Waals surface area contributed by atoms with Gasteiger partial charge in [0.15, 0.2) is 27.3 Å². The standard InChI is InChI=1S/C26H19BrN2O7S2/c1-2-33-22-10-16(9-19(27)24(22)34-13-15-3-5-17(6-4-15)29(31)32)11-23-25(30)28(26(37)38-23)18-7-8-20-21(12-18)36-14-35-20/h3-12H,2,13-14H2,1H3/b23-11+. The summed E-state index contributed by atoms with van der Waals surface area (Å²) in [6, 6.07) is 15.0. The van der Waals surface area contributed by atoms with E-state index in [0.717, 1.165) is 5.56 Å². The van der Waals surface area contributed by atoms with Gasteiger partial charge < -0.3 is 18.9 Å². The molecule has 0 atom stereocenters. The quantitative estimate of drug-likeness (QED) is 0.122. The fourth-order valence-corrected chi connectivity index (χ4v) is 5.68. The fourth-order valence-electron chi connectivity index (χ4n) is 3.81. The van der Waals surface area contributed by atoms with Gasteiger partial charge in [-0.05, 0) is 76.5 Å². The molecule has 5 rings (SSSR count). The van der Waals surface area contributed by atoms with E-state index >= 15 is 0 Å². The third-order valence-electron chi connectivity index (χ3n) is 5.57. The van der Waals surface area contributed by atoms with Gasteiger partial charge in [0.1, 0.15) is 6.61 Å². The number of thioether (sulfide) groups is 1. The molecule has 9 nitrogen and oxygen atoms in total. The van der Waals surface area contributed by atoms with E-state index in [0.29, 0.717) is 54.6 Å². The first-order chi connectivity index (χ1) is 18.3. The first-order valence-corrected chi connectivity index (χ1v) is 13.4. The molecule has 2 heterocycles. The van der Waals surface area contributed by atoms with E-state index in [2.05, 4.69) is 15.9 Å². The van der Waals surface area contributed by atoms with Gasteiger partial charge in [0.2, 0.25) is 6.79 Å². The van der Waals surface area contributed by atoms with Gasteiger partial charge in [-0.25, -0.2) is 0 Å².